The number of ether oxygens (including phenoxy) is 2. The highest BCUT2D eigenvalue weighted by Gasteiger charge is 2.36. The summed E-state index contributed by atoms with van der Waals surface area (Å²) in [7, 11) is 1.71. The Morgan fingerprint density at radius 3 is 2.38 bits per heavy atom. The van der Waals surface area contributed by atoms with E-state index in [1.165, 1.54) is 10.5 Å². The summed E-state index contributed by atoms with van der Waals surface area (Å²) in [4.78, 5) is 39.4. The first-order chi connectivity index (χ1) is 22.8. The SMILES string of the molecule is COc1ccc(C2CCC(CN(C(=O)C3CCC(OC(=O)N4CC(O)C4)CC3)c3cc(-c4cnc(C5CC5)o4)ccn3)CC2)cc1C. The number of aliphatic hydroxyl groups is 1. The molecule has 10 nitrogen and oxygen atoms in total. The minimum Gasteiger partial charge on any atom is -0.496 e. The van der Waals surface area contributed by atoms with E-state index in [0.717, 1.165) is 61.3 Å². The number of likely N-dealkylation sites (tertiary alicyclic amines) is 1. The van der Waals surface area contributed by atoms with Gasteiger partial charge >= 0.3 is 6.09 Å². The highest BCUT2D eigenvalue weighted by Crippen LogP contribution is 2.41. The van der Waals surface area contributed by atoms with Crippen molar-refractivity contribution in [2.75, 3.05) is 31.6 Å². The number of β-amino-alcohol motifs (C(OH)–C–C–N with tert-alkyl or cyclic N) is 1. The second-order valence-corrected chi connectivity index (χ2v) is 14.1. The van der Waals surface area contributed by atoms with Gasteiger partial charge in [-0.25, -0.2) is 14.8 Å². The number of rotatable bonds is 9. The van der Waals surface area contributed by atoms with Gasteiger partial charge in [0.15, 0.2) is 11.7 Å². The second kappa shape index (κ2) is 13.7. The van der Waals surface area contributed by atoms with Gasteiger partial charge in [0.2, 0.25) is 5.91 Å². The molecule has 3 aliphatic carbocycles. The summed E-state index contributed by atoms with van der Waals surface area (Å²) in [5, 5.41) is 9.52. The molecule has 0 spiro atoms. The fourth-order valence-electron chi connectivity index (χ4n) is 7.52. The van der Waals surface area contributed by atoms with Crippen molar-refractivity contribution in [1.29, 1.82) is 0 Å². The number of carbonyl (C=O) groups excluding carboxylic acids is 2. The quantitative estimate of drug-likeness (QED) is 0.277. The highest BCUT2D eigenvalue weighted by molar-refractivity contribution is 5.94. The normalized spacial score (nSPS) is 24.8. The van der Waals surface area contributed by atoms with Gasteiger partial charge in [-0.1, -0.05) is 12.1 Å². The average Bonchev–Trinajstić information content (AvgIpc) is 3.81. The van der Waals surface area contributed by atoms with E-state index in [2.05, 4.69) is 30.1 Å². The summed E-state index contributed by atoms with van der Waals surface area (Å²) in [5.74, 6) is 4.29. The van der Waals surface area contributed by atoms with Crippen molar-refractivity contribution in [2.24, 2.45) is 11.8 Å². The van der Waals surface area contributed by atoms with E-state index in [4.69, 9.17) is 18.9 Å². The van der Waals surface area contributed by atoms with Crippen molar-refractivity contribution in [2.45, 2.75) is 95.2 Å². The van der Waals surface area contributed by atoms with E-state index >= 15 is 0 Å². The van der Waals surface area contributed by atoms with Crippen LogP contribution in [0.25, 0.3) is 11.3 Å². The van der Waals surface area contributed by atoms with Crippen LogP contribution in [0.1, 0.15) is 93.1 Å². The Balaban J connectivity index is 1.04. The molecule has 3 saturated carbocycles. The lowest BCUT2D eigenvalue weighted by molar-refractivity contribution is -0.124. The van der Waals surface area contributed by atoms with Crippen LogP contribution in [-0.4, -0.2) is 70.9 Å². The predicted octanol–water partition coefficient (Wildman–Crippen LogP) is 6.61. The number of anilines is 1. The van der Waals surface area contributed by atoms with Crippen molar-refractivity contribution in [1.82, 2.24) is 14.9 Å². The van der Waals surface area contributed by atoms with Crippen LogP contribution in [0.4, 0.5) is 10.6 Å². The standard InChI is InChI=1S/C37H46N4O6/c1-23-17-28(11-14-32(23)45-2)25-5-3-24(4-6-25)20-41(34-18-29(15-16-38-34)33-19-39-35(47-33)26-7-8-26)36(43)27-9-12-31(13-10-27)46-37(44)40-21-30(42)22-40/h11,14-19,24-27,30-31,42H,3-10,12-13,20-22H2,1-2H3. The zero-order valence-corrected chi connectivity index (χ0v) is 27.5. The molecular weight excluding hydrogens is 596 g/mol. The number of methoxy groups -OCH3 is 1. The molecule has 1 aromatic carbocycles. The van der Waals surface area contributed by atoms with Crippen LogP contribution in [0, 0.1) is 18.8 Å². The van der Waals surface area contributed by atoms with E-state index in [1.807, 2.05) is 17.0 Å². The van der Waals surface area contributed by atoms with Crippen LogP contribution < -0.4 is 9.64 Å². The van der Waals surface area contributed by atoms with E-state index in [0.29, 0.717) is 74.6 Å². The van der Waals surface area contributed by atoms with E-state index in [-0.39, 0.29) is 24.0 Å². The van der Waals surface area contributed by atoms with Gasteiger partial charge in [-0.05, 0) is 112 Å². The lowest BCUT2D eigenvalue weighted by Gasteiger charge is -2.38. The first-order valence-corrected chi connectivity index (χ1v) is 17.4. The third kappa shape index (κ3) is 7.17. The summed E-state index contributed by atoms with van der Waals surface area (Å²) in [5.41, 5.74) is 3.40. The molecule has 0 unspecified atom stereocenters. The molecule has 3 aromatic rings. The molecule has 10 heteroatoms. The Kier molecular flexibility index (Phi) is 9.21. The number of carbonyl (C=O) groups is 2. The number of aryl methyl sites for hydroxylation is 1. The van der Waals surface area contributed by atoms with Crippen LogP contribution in [0.15, 0.2) is 47.1 Å². The third-order valence-electron chi connectivity index (χ3n) is 10.6. The largest absolute Gasteiger partial charge is 0.496 e. The molecule has 1 N–H and O–H groups in total. The van der Waals surface area contributed by atoms with Gasteiger partial charge in [0.05, 0.1) is 32.5 Å². The molecule has 47 heavy (non-hydrogen) atoms. The molecule has 4 aliphatic rings. The van der Waals surface area contributed by atoms with Gasteiger partial charge in [-0.15, -0.1) is 0 Å². The van der Waals surface area contributed by atoms with Crippen LogP contribution >= 0.6 is 0 Å². The zero-order valence-electron chi connectivity index (χ0n) is 27.5. The van der Waals surface area contributed by atoms with Crippen LogP contribution in [0.5, 0.6) is 5.75 Å². The van der Waals surface area contributed by atoms with Crippen LogP contribution in [0.2, 0.25) is 0 Å². The number of aliphatic hydroxyl groups excluding tert-OH is 1. The van der Waals surface area contributed by atoms with E-state index in [1.54, 1.807) is 19.5 Å². The molecule has 0 radical (unpaired) electrons. The number of benzene rings is 1. The zero-order chi connectivity index (χ0) is 32.5. The van der Waals surface area contributed by atoms with Crippen LogP contribution in [0.3, 0.4) is 0 Å². The van der Waals surface area contributed by atoms with Gasteiger partial charge in [0.1, 0.15) is 17.7 Å². The molecule has 1 saturated heterocycles. The Bertz CT molecular complexity index is 1560. The maximum Gasteiger partial charge on any atom is 0.410 e. The van der Waals surface area contributed by atoms with Crippen molar-refractivity contribution < 1.29 is 28.6 Å². The minimum atomic E-state index is -0.458. The Hall–Kier alpha value is -3.92. The maximum absolute atomic E-state index is 14.3. The lowest BCUT2D eigenvalue weighted by atomic mass is 9.78. The highest BCUT2D eigenvalue weighted by atomic mass is 16.6. The maximum atomic E-state index is 14.3. The number of aromatic nitrogens is 2. The molecule has 3 heterocycles. The third-order valence-corrected chi connectivity index (χ3v) is 10.6. The van der Waals surface area contributed by atoms with Gasteiger partial charge in [0.25, 0.3) is 0 Å². The monoisotopic (exact) mass is 642 g/mol. The first-order valence-electron chi connectivity index (χ1n) is 17.4. The topological polar surface area (TPSA) is 118 Å². The molecule has 0 bridgehead atoms. The van der Waals surface area contributed by atoms with Gasteiger partial charge in [-0.2, -0.15) is 0 Å². The summed E-state index contributed by atoms with van der Waals surface area (Å²) in [6, 6.07) is 10.4. The summed E-state index contributed by atoms with van der Waals surface area (Å²) >= 11 is 0. The van der Waals surface area contributed by atoms with E-state index in [9.17, 15) is 14.7 Å². The fraction of sp³-hybridized carbons (Fsp3) is 0.568. The molecule has 0 atom stereocenters. The lowest BCUT2D eigenvalue weighted by Crippen LogP contribution is -2.54. The second-order valence-electron chi connectivity index (χ2n) is 14.1. The Morgan fingerprint density at radius 1 is 0.957 bits per heavy atom. The molecule has 2 aromatic heterocycles. The number of oxazole rings is 1. The number of amides is 2. The summed E-state index contributed by atoms with van der Waals surface area (Å²) in [6.45, 7) is 3.37. The fourth-order valence-corrected chi connectivity index (χ4v) is 7.52. The number of nitrogens with zero attached hydrogens (tertiary/aromatic N) is 4. The van der Waals surface area contributed by atoms with Crippen molar-refractivity contribution in [3.8, 4) is 17.1 Å². The van der Waals surface area contributed by atoms with Crippen molar-refractivity contribution >= 4 is 17.8 Å². The van der Waals surface area contributed by atoms with Gasteiger partial charge < -0.3 is 23.9 Å². The first kappa shape index (κ1) is 31.7. The molecule has 2 amide bonds. The molecular formula is C37H46N4O6. The van der Waals surface area contributed by atoms with Gasteiger partial charge in [0, 0.05) is 30.1 Å². The Labute approximate surface area is 276 Å². The number of pyridine rings is 1. The minimum absolute atomic E-state index is 0.0921. The van der Waals surface area contributed by atoms with E-state index < -0.39 is 6.10 Å². The Morgan fingerprint density at radius 2 is 1.70 bits per heavy atom. The van der Waals surface area contributed by atoms with Crippen molar-refractivity contribution in [3.63, 3.8) is 0 Å². The smallest absolute Gasteiger partial charge is 0.410 e. The van der Waals surface area contributed by atoms with Crippen LogP contribution in [-0.2, 0) is 9.53 Å². The predicted molar refractivity (Wildman–Crippen MR) is 176 cm³/mol. The molecule has 4 fully saturated rings. The molecule has 7 rings (SSSR count). The van der Waals surface area contributed by atoms with Crippen molar-refractivity contribution in [3.05, 3.63) is 59.7 Å². The average molecular weight is 643 g/mol. The van der Waals surface area contributed by atoms with Gasteiger partial charge in [-0.3, -0.25) is 9.69 Å². The molecule has 1 aliphatic heterocycles. The number of hydrogen-bond donors (Lipinski definition) is 1. The summed E-state index contributed by atoms with van der Waals surface area (Å²) in [6.07, 6.45) is 11.6. The number of hydrogen-bond acceptors (Lipinski definition) is 8. The summed E-state index contributed by atoms with van der Waals surface area (Å²) < 4.78 is 17.3. The molecule has 250 valence electrons.